The third kappa shape index (κ3) is 1.76. The summed E-state index contributed by atoms with van der Waals surface area (Å²) in [6, 6.07) is 13.9. The van der Waals surface area contributed by atoms with Gasteiger partial charge in [-0.25, -0.2) is 0 Å². The standard InChI is InChI=1S/C16H14O2/c1-11-9-12-10-13(17-2)7-8-15(12)18-16-6-4-3-5-14(11)16/h3-10H,1-2H3. The molecule has 0 radical (unpaired) electrons. The van der Waals surface area contributed by atoms with Crippen LogP contribution in [0.25, 0.3) is 11.6 Å². The first-order chi connectivity index (χ1) is 8.78. The summed E-state index contributed by atoms with van der Waals surface area (Å²) in [6.07, 6.45) is 2.13. The van der Waals surface area contributed by atoms with Crippen LogP contribution < -0.4 is 9.47 Å². The maximum absolute atomic E-state index is 5.96. The molecule has 1 heterocycles. The molecule has 90 valence electrons. The molecule has 1 aliphatic rings. The second-order valence-electron chi connectivity index (χ2n) is 4.33. The monoisotopic (exact) mass is 238 g/mol. The summed E-state index contributed by atoms with van der Waals surface area (Å²) in [5.41, 5.74) is 3.37. The third-order valence-corrected chi connectivity index (χ3v) is 3.12. The van der Waals surface area contributed by atoms with Crippen LogP contribution in [0.15, 0.2) is 42.5 Å². The molecule has 2 aromatic rings. The van der Waals surface area contributed by atoms with Gasteiger partial charge in [0.2, 0.25) is 0 Å². The number of allylic oxidation sites excluding steroid dienone is 1. The summed E-state index contributed by atoms with van der Waals surface area (Å²) < 4.78 is 11.2. The van der Waals surface area contributed by atoms with Gasteiger partial charge in [0, 0.05) is 11.1 Å². The zero-order valence-corrected chi connectivity index (χ0v) is 10.4. The number of ether oxygens (including phenoxy) is 2. The van der Waals surface area contributed by atoms with Gasteiger partial charge in [-0.3, -0.25) is 0 Å². The van der Waals surface area contributed by atoms with E-state index in [9.17, 15) is 0 Å². The van der Waals surface area contributed by atoms with E-state index in [0.29, 0.717) is 0 Å². The highest BCUT2D eigenvalue weighted by molar-refractivity contribution is 5.86. The van der Waals surface area contributed by atoms with E-state index in [-0.39, 0.29) is 0 Å². The fraction of sp³-hybridized carbons (Fsp3) is 0.125. The maximum atomic E-state index is 5.96. The summed E-state index contributed by atoms with van der Waals surface area (Å²) in [6.45, 7) is 2.09. The Hall–Kier alpha value is -2.22. The van der Waals surface area contributed by atoms with E-state index < -0.39 is 0 Å². The first-order valence-electron chi connectivity index (χ1n) is 5.91. The van der Waals surface area contributed by atoms with E-state index in [0.717, 1.165) is 28.4 Å². The van der Waals surface area contributed by atoms with Gasteiger partial charge in [0.25, 0.3) is 0 Å². The average molecular weight is 238 g/mol. The zero-order valence-electron chi connectivity index (χ0n) is 10.4. The normalized spacial score (nSPS) is 12.7. The summed E-state index contributed by atoms with van der Waals surface area (Å²) in [5, 5.41) is 0. The van der Waals surface area contributed by atoms with Crippen molar-refractivity contribution in [1.29, 1.82) is 0 Å². The molecule has 1 aliphatic heterocycles. The fourth-order valence-electron chi connectivity index (χ4n) is 2.17. The third-order valence-electron chi connectivity index (χ3n) is 3.12. The Morgan fingerprint density at radius 2 is 1.83 bits per heavy atom. The fourth-order valence-corrected chi connectivity index (χ4v) is 2.17. The van der Waals surface area contributed by atoms with Gasteiger partial charge < -0.3 is 9.47 Å². The van der Waals surface area contributed by atoms with Crippen molar-refractivity contribution in [3.63, 3.8) is 0 Å². The Balaban J connectivity index is 2.18. The first-order valence-corrected chi connectivity index (χ1v) is 5.91. The molecule has 3 rings (SSSR count). The number of para-hydroxylation sites is 1. The lowest BCUT2D eigenvalue weighted by Gasteiger charge is -2.09. The van der Waals surface area contributed by atoms with E-state index >= 15 is 0 Å². The highest BCUT2D eigenvalue weighted by Gasteiger charge is 2.14. The van der Waals surface area contributed by atoms with Gasteiger partial charge in [-0.2, -0.15) is 0 Å². The van der Waals surface area contributed by atoms with Crippen LogP contribution in [0.3, 0.4) is 0 Å². The van der Waals surface area contributed by atoms with Crippen LogP contribution in [0, 0.1) is 0 Å². The lowest BCUT2D eigenvalue weighted by molar-refractivity contribution is 0.412. The number of methoxy groups -OCH3 is 1. The molecule has 2 heteroatoms. The van der Waals surface area contributed by atoms with E-state index in [2.05, 4.69) is 19.1 Å². The van der Waals surface area contributed by atoms with E-state index in [1.54, 1.807) is 7.11 Å². The number of fused-ring (bicyclic) bond motifs is 2. The highest BCUT2D eigenvalue weighted by Crippen LogP contribution is 2.38. The lowest BCUT2D eigenvalue weighted by atomic mass is 10.0. The minimum absolute atomic E-state index is 0.840. The topological polar surface area (TPSA) is 18.5 Å². The van der Waals surface area contributed by atoms with E-state index in [1.807, 2.05) is 36.4 Å². The van der Waals surface area contributed by atoms with Crippen molar-refractivity contribution in [1.82, 2.24) is 0 Å². The molecule has 0 N–H and O–H groups in total. The van der Waals surface area contributed by atoms with Gasteiger partial charge in [-0.05, 0) is 42.8 Å². The second-order valence-corrected chi connectivity index (χ2v) is 4.33. The van der Waals surface area contributed by atoms with Crippen LogP contribution in [0.1, 0.15) is 18.1 Å². The molecule has 0 fully saturated rings. The largest absolute Gasteiger partial charge is 0.497 e. The first kappa shape index (κ1) is 10.9. The Morgan fingerprint density at radius 1 is 1.00 bits per heavy atom. The highest BCUT2D eigenvalue weighted by atomic mass is 16.5. The Bertz CT molecular complexity index is 627. The molecule has 0 unspecified atom stereocenters. The molecule has 0 aliphatic carbocycles. The molecular formula is C16H14O2. The predicted octanol–water partition coefficient (Wildman–Crippen LogP) is 4.36. The van der Waals surface area contributed by atoms with E-state index in [4.69, 9.17) is 9.47 Å². The minimum Gasteiger partial charge on any atom is -0.497 e. The zero-order chi connectivity index (χ0) is 12.5. The summed E-state index contributed by atoms with van der Waals surface area (Å²) in [7, 11) is 1.67. The van der Waals surface area contributed by atoms with Crippen molar-refractivity contribution in [2.24, 2.45) is 0 Å². The Kier molecular flexibility index (Phi) is 2.56. The van der Waals surface area contributed by atoms with Gasteiger partial charge in [0.1, 0.15) is 17.2 Å². The van der Waals surface area contributed by atoms with Crippen LogP contribution in [-0.4, -0.2) is 7.11 Å². The number of hydrogen-bond acceptors (Lipinski definition) is 2. The van der Waals surface area contributed by atoms with Crippen molar-refractivity contribution < 1.29 is 9.47 Å². The molecule has 0 saturated carbocycles. The van der Waals surface area contributed by atoms with Crippen LogP contribution in [0.2, 0.25) is 0 Å². The van der Waals surface area contributed by atoms with Crippen molar-refractivity contribution in [2.45, 2.75) is 6.92 Å². The summed E-state index contributed by atoms with van der Waals surface area (Å²) in [4.78, 5) is 0. The predicted molar refractivity (Wildman–Crippen MR) is 73.1 cm³/mol. The van der Waals surface area contributed by atoms with Crippen LogP contribution in [0.5, 0.6) is 17.2 Å². The van der Waals surface area contributed by atoms with Crippen molar-refractivity contribution in [3.05, 3.63) is 53.6 Å². The molecule has 0 bridgehead atoms. The quantitative estimate of drug-likeness (QED) is 0.734. The Labute approximate surface area is 106 Å². The molecule has 0 saturated heterocycles. The molecule has 2 nitrogen and oxygen atoms in total. The Morgan fingerprint density at radius 3 is 2.67 bits per heavy atom. The van der Waals surface area contributed by atoms with Gasteiger partial charge in [0.05, 0.1) is 7.11 Å². The van der Waals surface area contributed by atoms with Gasteiger partial charge >= 0.3 is 0 Å². The molecule has 18 heavy (non-hydrogen) atoms. The van der Waals surface area contributed by atoms with Crippen LogP contribution in [-0.2, 0) is 0 Å². The maximum Gasteiger partial charge on any atom is 0.134 e. The van der Waals surface area contributed by atoms with Gasteiger partial charge in [-0.1, -0.05) is 18.2 Å². The van der Waals surface area contributed by atoms with Crippen LogP contribution in [0.4, 0.5) is 0 Å². The molecule has 2 aromatic carbocycles. The van der Waals surface area contributed by atoms with Crippen molar-refractivity contribution >= 4 is 11.6 Å². The summed E-state index contributed by atoms with van der Waals surface area (Å²) in [5.74, 6) is 2.60. The number of hydrogen-bond donors (Lipinski definition) is 0. The average Bonchev–Trinajstić information content (AvgIpc) is 2.54. The van der Waals surface area contributed by atoms with Gasteiger partial charge in [-0.15, -0.1) is 0 Å². The molecule has 0 amide bonds. The molecule has 0 atom stereocenters. The van der Waals surface area contributed by atoms with E-state index in [1.165, 1.54) is 5.57 Å². The number of rotatable bonds is 1. The molecule has 0 aromatic heterocycles. The minimum atomic E-state index is 0.840. The summed E-state index contributed by atoms with van der Waals surface area (Å²) >= 11 is 0. The number of benzene rings is 2. The SMILES string of the molecule is COc1ccc2c(c1)C=C(C)c1ccccc1O2. The van der Waals surface area contributed by atoms with Crippen molar-refractivity contribution in [3.8, 4) is 17.2 Å². The molecular weight excluding hydrogens is 224 g/mol. The lowest BCUT2D eigenvalue weighted by Crippen LogP contribution is -1.89. The van der Waals surface area contributed by atoms with Crippen molar-refractivity contribution in [2.75, 3.05) is 7.11 Å². The second kappa shape index (κ2) is 4.22. The molecule has 0 spiro atoms. The van der Waals surface area contributed by atoms with Gasteiger partial charge in [0.15, 0.2) is 0 Å². The smallest absolute Gasteiger partial charge is 0.134 e. The van der Waals surface area contributed by atoms with Crippen LogP contribution >= 0.6 is 0 Å².